The van der Waals surface area contributed by atoms with Gasteiger partial charge in [-0.2, -0.15) is 0 Å². The summed E-state index contributed by atoms with van der Waals surface area (Å²) in [5.74, 6) is -3.00. The lowest BCUT2D eigenvalue weighted by Gasteiger charge is -2.38. The monoisotopic (exact) mass is 343 g/mol. The first-order chi connectivity index (χ1) is 12.0. The van der Waals surface area contributed by atoms with E-state index >= 15 is 0 Å². The van der Waals surface area contributed by atoms with Crippen LogP contribution in [0, 0.1) is 24.5 Å². The summed E-state index contributed by atoms with van der Waals surface area (Å²) in [7, 11) is 0. The molecule has 2 aliphatic rings. The minimum absolute atomic E-state index is 0.213. The highest BCUT2D eigenvalue weighted by molar-refractivity contribution is 5.88. The molecule has 0 unspecified atom stereocenters. The molecule has 1 aliphatic carbocycles. The number of benzene rings is 2. The molecule has 0 saturated heterocycles. The zero-order valence-corrected chi connectivity index (χ0v) is 13.9. The van der Waals surface area contributed by atoms with Gasteiger partial charge in [-0.15, -0.1) is 0 Å². The second-order valence-electron chi connectivity index (χ2n) is 7.08. The van der Waals surface area contributed by atoms with E-state index in [1.807, 2.05) is 12.1 Å². The number of carboxylic acids is 1. The Hall–Kier alpha value is -2.43. The molecule has 25 heavy (non-hydrogen) atoms. The quantitative estimate of drug-likeness (QED) is 0.805. The molecular weight excluding hydrogens is 324 g/mol. The third-order valence-electron chi connectivity index (χ3n) is 5.55. The molecule has 0 amide bonds. The average molecular weight is 343 g/mol. The number of hydrogen-bond acceptors (Lipinski definition) is 2. The smallest absolute Gasteiger partial charge is 0.341 e. The highest BCUT2D eigenvalue weighted by atomic mass is 19.1. The number of aryl methyl sites for hydroxylation is 1. The van der Waals surface area contributed by atoms with Gasteiger partial charge in [-0.05, 0) is 60.9 Å². The summed E-state index contributed by atoms with van der Waals surface area (Å²) in [5.41, 5.74) is 3.07. The van der Waals surface area contributed by atoms with E-state index < -0.39 is 23.2 Å². The molecule has 2 aromatic rings. The Morgan fingerprint density at radius 2 is 1.88 bits per heavy atom. The molecule has 1 aliphatic heterocycles. The van der Waals surface area contributed by atoms with Gasteiger partial charge in [-0.1, -0.05) is 24.1 Å². The molecule has 0 radical (unpaired) electrons. The van der Waals surface area contributed by atoms with Gasteiger partial charge in [0.25, 0.3) is 0 Å². The van der Waals surface area contributed by atoms with Crippen LogP contribution < -0.4 is 5.32 Å². The number of carboxylic acid groups (broad SMARTS) is 1. The first-order valence-electron chi connectivity index (χ1n) is 8.55. The maximum absolute atomic E-state index is 14.2. The summed E-state index contributed by atoms with van der Waals surface area (Å²) in [6, 6.07) is 8.35. The molecule has 1 saturated carbocycles. The Kier molecular flexibility index (Phi) is 3.74. The molecule has 0 spiro atoms. The Morgan fingerprint density at radius 1 is 1.16 bits per heavy atom. The van der Waals surface area contributed by atoms with E-state index in [1.54, 1.807) is 0 Å². The summed E-state index contributed by atoms with van der Waals surface area (Å²) < 4.78 is 28.3. The number of nitrogens with one attached hydrogen (secondary N) is 1. The number of carbonyl (C=O) groups is 1. The van der Waals surface area contributed by atoms with E-state index in [2.05, 4.69) is 18.3 Å². The van der Waals surface area contributed by atoms with Gasteiger partial charge in [0.2, 0.25) is 0 Å². The lowest BCUT2D eigenvalue weighted by Crippen LogP contribution is -2.29. The SMILES string of the molecule is Cc1ccc2c(c1)[C@@H]1CCC[C@@H]1[C@H](c1cc(F)c(C(=O)O)c(F)c1)N2. The molecule has 1 fully saturated rings. The molecule has 0 aromatic heterocycles. The largest absolute Gasteiger partial charge is 0.477 e. The highest BCUT2D eigenvalue weighted by Crippen LogP contribution is 2.52. The molecule has 4 rings (SSSR count). The van der Waals surface area contributed by atoms with Crippen molar-refractivity contribution in [3.05, 3.63) is 64.2 Å². The van der Waals surface area contributed by atoms with E-state index in [-0.39, 0.29) is 12.0 Å². The molecule has 2 aromatic carbocycles. The molecule has 2 N–H and O–H groups in total. The fourth-order valence-corrected chi connectivity index (χ4v) is 4.48. The summed E-state index contributed by atoms with van der Waals surface area (Å²) in [6.07, 6.45) is 3.14. The van der Waals surface area contributed by atoms with E-state index in [9.17, 15) is 13.6 Å². The Labute approximate surface area is 144 Å². The van der Waals surface area contributed by atoms with E-state index in [4.69, 9.17) is 5.11 Å². The van der Waals surface area contributed by atoms with Crippen molar-refractivity contribution >= 4 is 11.7 Å². The number of anilines is 1. The van der Waals surface area contributed by atoms with Crippen LogP contribution in [0.2, 0.25) is 0 Å². The van der Waals surface area contributed by atoms with Gasteiger partial charge in [0, 0.05) is 5.69 Å². The van der Waals surface area contributed by atoms with Gasteiger partial charge < -0.3 is 10.4 Å². The van der Waals surface area contributed by atoms with Crippen molar-refractivity contribution in [2.24, 2.45) is 5.92 Å². The minimum Gasteiger partial charge on any atom is -0.477 e. The van der Waals surface area contributed by atoms with Crippen LogP contribution in [-0.4, -0.2) is 11.1 Å². The van der Waals surface area contributed by atoms with Crippen LogP contribution in [0.3, 0.4) is 0 Å². The molecule has 130 valence electrons. The van der Waals surface area contributed by atoms with Crippen LogP contribution in [0.5, 0.6) is 0 Å². The maximum Gasteiger partial charge on any atom is 0.341 e. The van der Waals surface area contributed by atoms with Crippen LogP contribution in [-0.2, 0) is 0 Å². The number of aromatic carboxylic acids is 1. The average Bonchev–Trinajstić information content (AvgIpc) is 3.03. The normalized spacial score (nSPS) is 24.4. The number of rotatable bonds is 2. The molecule has 5 heteroatoms. The maximum atomic E-state index is 14.2. The fourth-order valence-electron chi connectivity index (χ4n) is 4.48. The first kappa shape index (κ1) is 16.1. The lowest BCUT2D eigenvalue weighted by atomic mass is 9.77. The Balaban J connectivity index is 1.79. The summed E-state index contributed by atoms with van der Waals surface area (Å²) in [5, 5.41) is 12.4. The second-order valence-corrected chi connectivity index (χ2v) is 7.08. The third-order valence-corrected chi connectivity index (χ3v) is 5.55. The number of halogens is 2. The summed E-state index contributed by atoms with van der Waals surface area (Å²) >= 11 is 0. The highest BCUT2D eigenvalue weighted by Gasteiger charge is 2.40. The first-order valence-corrected chi connectivity index (χ1v) is 8.55. The van der Waals surface area contributed by atoms with Crippen molar-refractivity contribution in [1.82, 2.24) is 0 Å². The van der Waals surface area contributed by atoms with Gasteiger partial charge in [0.1, 0.15) is 17.2 Å². The predicted molar refractivity (Wildman–Crippen MR) is 90.9 cm³/mol. The standard InChI is InChI=1S/C20H19F2NO2/c1-10-5-6-17-14(7-10)12-3-2-4-13(12)19(23-17)11-8-15(21)18(20(24)25)16(22)9-11/h5-9,12-13,19,23H,2-4H2,1H3,(H,24,25)/t12-,13+,19+/m1/s1. The van der Waals surface area contributed by atoms with Crippen molar-refractivity contribution in [1.29, 1.82) is 0 Å². The fraction of sp³-hybridized carbons (Fsp3) is 0.350. The van der Waals surface area contributed by atoms with E-state index in [0.29, 0.717) is 11.5 Å². The van der Waals surface area contributed by atoms with Gasteiger partial charge >= 0.3 is 5.97 Å². The third kappa shape index (κ3) is 2.58. The zero-order valence-electron chi connectivity index (χ0n) is 13.9. The zero-order chi connectivity index (χ0) is 17.7. The van der Waals surface area contributed by atoms with Gasteiger partial charge in [0.15, 0.2) is 0 Å². The van der Waals surface area contributed by atoms with Crippen LogP contribution in [0.25, 0.3) is 0 Å². The Bertz CT molecular complexity index is 842. The van der Waals surface area contributed by atoms with E-state index in [0.717, 1.165) is 24.9 Å². The molecule has 3 nitrogen and oxygen atoms in total. The van der Waals surface area contributed by atoms with Crippen molar-refractivity contribution in [3.8, 4) is 0 Å². The van der Waals surface area contributed by atoms with Crippen LogP contribution in [0.4, 0.5) is 14.5 Å². The number of fused-ring (bicyclic) bond motifs is 3. The second kappa shape index (κ2) is 5.83. The summed E-state index contributed by atoms with van der Waals surface area (Å²) in [4.78, 5) is 11.0. The molecule has 3 atom stereocenters. The predicted octanol–water partition coefficient (Wildman–Crippen LogP) is 5.02. The van der Waals surface area contributed by atoms with Crippen molar-refractivity contribution in [3.63, 3.8) is 0 Å². The van der Waals surface area contributed by atoms with Gasteiger partial charge in [-0.25, -0.2) is 13.6 Å². The van der Waals surface area contributed by atoms with Crippen LogP contribution in [0.1, 0.15) is 58.3 Å². The summed E-state index contributed by atoms with van der Waals surface area (Å²) in [6.45, 7) is 2.06. The Morgan fingerprint density at radius 3 is 2.56 bits per heavy atom. The van der Waals surface area contributed by atoms with Crippen LogP contribution >= 0.6 is 0 Å². The van der Waals surface area contributed by atoms with Gasteiger partial charge in [-0.3, -0.25) is 0 Å². The molecule has 0 bridgehead atoms. The molecular formula is C20H19F2NO2. The van der Waals surface area contributed by atoms with Crippen molar-refractivity contribution < 1.29 is 18.7 Å². The van der Waals surface area contributed by atoms with Gasteiger partial charge in [0.05, 0.1) is 6.04 Å². The van der Waals surface area contributed by atoms with Crippen LogP contribution in [0.15, 0.2) is 30.3 Å². The van der Waals surface area contributed by atoms with E-state index in [1.165, 1.54) is 23.3 Å². The van der Waals surface area contributed by atoms with Crippen molar-refractivity contribution in [2.75, 3.05) is 5.32 Å². The lowest BCUT2D eigenvalue weighted by molar-refractivity contribution is 0.0686. The van der Waals surface area contributed by atoms with Crippen molar-refractivity contribution in [2.45, 2.75) is 38.1 Å². The minimum atomic E-state index is -1.59. The molecule has 1 heterocycles. The number of hydrogen-bond donors (Lipinski definition) is 2. The topological polar surface area (TPSA) is 49.3 Å².